The monoisotopic (exact) mass is 529 g/mol. The number of esters is 2. The molecule has 2 N–H and O–H groups in total. The molecule has 0 fully saturated rings. The van der Waals surface area contributed by atoms with E-state index in [9.17, 15) is 29.9 Å². The highest BCUT2D eigenvalue weighted by molar-refractivity contribution is 5.89. The van der Waals surface area contributed by atoms with E-state index in [0.717, 1.165) is 10.5 Å². The Balaban J connectivity index is 2.51. The standard InChI is InChI=1S/C28H37N2O8/c1-7-37-27(34)23(24(31)20-15-11-12-16-22(20)30(35)36)29(6)25(32)21(17-19-13-9-8-10-14-19)18(2)26(33)38-28(3,4)5/h8-16,18,21,23-24,31,35H,7,17H2,1-6H3/q-1/t18?,21-,23?,24?/m1/s1. The Labute approximate surface area is 223 Å². The van der Waals surface area contributed by atoms with E-state index in [1.54, 1.807) is 34.6 Å². The fourth-order valence-electron chi connectivity index (χ4n) is 4.11. The minimum atomic E-state index is -1.72. The van der Waals surface area contributed by atoms with Crippen molar-refractivity contribution in [1.82, 2.24) is 4.90 Å². The highest BCUT2D eigenvalue weighted by atomic mass is 16.8. The number of ether oxygens (including phenoxy) is 2. The first-order valence-corrected chi connectivity index (χ1v) is 12.4. The van der Waals surface area contributed by atoms with Crippen LogP contribution in [0.2, 0.25) is 0 Å². The summed E-state index contributed by atoms with van der Waals surface area (Å²) in [4.78, 5) is 41.0. The molecule has 0 aliphatic carbocycles. The summed E-state index contributed by atoms with van der Waals surface area (Å²) in [7, 11) is 1.32. The zero-order chi connectivity index (χ0) is 28.6. The van der Waals surface area contributed by atoms with Crippen LogP contribution in [0.3, 0.4) is 0 Å². The number of hydrogen-bond acceptors (Lipinski definition) is 9. The predicted molar refractivity (Wildman–Crippen MR) is 141 cm³/mol. The van der Waals surface area contributed by atoms with Crippen LogP contribution in [0.4, 0.5) is 5.69 Å². The molecule has 0 heterocycles. The SMILES string of the molecule is CCOC(=O)C(C(O)c1ccccc1N([O-])O)N(C)C(=O)[C@H](Cc1ccccc1)C(C)C(=O)OC(C)(C)C. The number of likely N-dealkylation sites (N-methyl/N-ethyl adjacent to an activating group) is 1. The molecule has 2 aromatic carbocycles. The predicted octanol–water partition coefficient (Wildman–Crippen LogP) is 3.64. The molecule has 0 spiro atoms. The molecule has 0 aromatic heterocycles. The molecule has 3 unspecified atom stereocenters. The number of benzene rings is 2. The van der Waals surface area contributed by atoms with Crippen LogP contribution in [0.25, 0.3) is 0 Å². The van der Waals surface area contributed by atoms with Gasteiger partial charge in [0.05, 0.1) is 24.1 Å². The number of anilines is 1. The van der Waals surface area contributed by atoms with Gasteiger partial charge in [0.25, 0.3) is 0 Å². The molecule has 208 valence electrons. The third-order valence-corrected chi connectivity index (χ3v) is 6.05. The Kier molecular flexibility index (Phi) is 10.8. The van der Waals surface area contributed by atoms with Crippen LogP contribution < -0.4 is 5.23 Å². The van der Waals surface area contributed by atoms with Crippen molar-refractivity contribution in [3.05, 3.63) is 70.9 Å². The Morgan fingerprint density at radius 2 is 1.58 bits per heavy atom. The van der Waals surface area contributed by atoms with Gasteiger partial charge in [0, 0.05) is 12.6 Å². The van der Waals surface area contributed by atoms with Gasteiger partial charge in [0.2, 0.25) is 5.91 Å². The Bertz CT molecular complexity index is 1080. The maximum Gasteiger partial charge on any atom is 0.331 e. The van der Waals surface area contributed by atoms with Crippen LogP contribution in [-0.4, -0.2) is 58.4 Å². The van der Waals surface area contributed by atoms with E-state index in [1.807, 2.05) is 30.3 Å². The molecule has 2 rings (SSSR count). The lowest BCUT2D eigenvalue weighted by molar-refractivity contribution is -0.167. The second kappa shape index (κ2) is 13.4. The Morgan fingerprint density at radius 1 is 1.00 bits per heavy atom. The van der Waals surface area contributed by atoms with Gasteiger partial charge in [-0.05, 0) is 45.7 Å². The van der Waals surface area contributed by atoms with Crippen molar-refractivity contribution in [2.75, 3.05) is 18.9 Å². The largest absolute Gasteiger partial charge is 0.733 e. The number of aliphatic hydroxyl groups is 1. The molecule has 0 bridgehead atoms. The van der Waals surface area contributed by atoms with E-state index in [2.05, 4.69) is 0 Å². The highest BCUT2D eigenvalue weighted by Gasteiger charge is 2.42. The molecule has 0 aliphatic heterocycles. The molecule has 0 saturated heterocycles. The van der Waals surface area contributed by atoms with Crippen LogP contribution in [-0.2, 0) is 30.3 Å². The molecule has 1 amide bonds. The van der Waals surface area contributed by atoms with Crippen molar-refractivity contribution >= 4 is 23.5 Å². The topological polar surface area (TPSA) is 140 Å². The minimum absolute atomic E-state index is 0.0266. The lowest BCUT2D eigenvalue weighted by Crippen LogP contribution is -2.51. The van der Waals surface area contributed by atoms with Gasteiger partial charge in [-0.1, -0.05) is 55.5 Å². The Morgan fingerprint density at radius 3 is 2.13 bits per heavy atom. The maximum atomic E-state index is 13.9. The molecule has 0 radical (unpaired) electrons. The maximum absolute atomic E-state index is 13.9. The number of para-hydroxylation sites is 1. The highest BCUT2D eigenvalue weighted by Crippen LogP contribution is 2.32. The van der Waals surface area contributed by atoms with Crippen molar-refractivity contribution < 1.29 is 34.2 Å². The van der Waals surface area contributed by atoms with Crippen LogP contribution in [0.1, 0.15) is 51.8 Å². The number of carbonyl (C=O) groups is 3. The average Bonchev–Trinajstić information content (AvgIpc) is 2.86. The lowest BCUT2D eigenvalue weighted by Gasteiger charge is -2.36. The van der Waals surface area contributed by atoms with E-state index in [4.69, 9.17) is 9.47 Å². The number of hydrogen-bond donors (Lipinski definition) is 2. The fourth-order valence-corrected chi connectivity index (χ4v) is 4.11. The Hall–Kier alpha value is -3.47. The molecule has 0 saturated carbocycles. The molecule has 38 heavy (non-hydrogen) atoms. The van der Waals surface area contributed by atoms with Gasteiger partial charge in [-0.2, -0.15) is 0 Å². The van der Waals surface area contributed by atoms with E-state index in [1.165, 1.54) is 31.3 Å². The third kappa shape index (κ3) is 8.01. The number of aliphatic hydroxyl groups excluding tert-OH is 1. The fraction of sp³-hybridized carbons (Fsp3) is 0.464. The summed E-state index contributed by atoms with van der Waals surface area (Å²) in [5.41, 5.74) is -0.365. The summed E-state index contributed by atoms with van der Waals surface area (Å²) in [5.74, 6) is -3.95. The summed E-state index contributed by atoms with van der Waals surface area (Å²) < 4.78 is 10.7. The number of nitrogens with zero attached hydrogens (tertiary/aromatic N) is 2. The summed E-state index contributed by atoms with van der Waals surface area (Å²) >= 11 is 0. The minimum Gasteiger partial charge on any atom is -0.733 e. The van der Waals surface area contributed by atoms with Gasteiger partial charge < -0.3 is 29.9 Å². The molecule has 4 atom stereocenters. The molecule has 0 aliphatic rings. The van der Waals surface area contributed by atoms with Gasteiger partial charge in [0.15, 0.2) is 6.04 Å². The second-order valence-electron chi connectivity index (χ2n) is 10.0. The average molecular weight is 530 g/mol. The summed E-state index contributed by atoms with van der Waals surface area (Å²) in [6.07, 6.45) is -1.56. The first-order chi connectivity index (χ1) is 17.8. The first kappa shape index (κ1) is 30.8. The summed E-state index contributed by atoms with van der Waals surface area (Å²) in [5, 5.41) is 32.0. The van der Waals surface area contributed by atoms with Gasteiger partial charge in [0.1, 0.15) is 11.7 Å². The van der Waals surface area contributed by atoms with Gasteiger partial charge in [-0.25, -0.2) is 4.79 Å². The quantitative estimate of drug-likeness (QED) is 0.330. The van der Waals surface area contributed by atoms with Gasteiger partial charge in [-0.3, -0.25) is 14.8 Å². The molecule has 2 aromatic rings. The van der Waals surface area contributed by atoms with Crippen molar-refractivity contribution in [2.24, 2.45) is 11.8 Å². The normalized spacial score (nSPS) is 14.6. The van der Waals surface area contributed by atoms with Crippen LogP contribution in [0, 0.1) is 17.0 Å². The van der Waals surface area contributed by atoms with Crippen molar-refractivity contribution in [3.8, 4) is 0 Å². The summed E-state index contributed by atoms with van der Waals surface area (Å²) in [6, 6.07) is 13.1. The van der Waals surface area contributed by atoms with E-state index < -0.39 is 52.7 Å². The van der Waals surface area contributed by atoms with Crippen molar-refractivity contribution in [2.45, 2.75) is 58.8 Å². The smallest absolute Gasteiger partial charge is 0.331 e. The van der Waals surface area contributed by atoms with Crippen molar-refractivity contribution in [1.29, 1.82) is 0 Å². The zero-order valence-electron chi connectivity index (χ0n) is 22.7. The zero-order valence-corrected chi connectivity index (χ0v) is 22.7. The van der Waals surface area contributed by atoms with E-state index >= 15 is 0 Å². The number of carbonyl (C=O) groups excluding carboxylic acids is 3. The van der Waals surface area contributed by atoms with E-state index in [-0.39, 0.29) is 24.3 Å². The molecular formula is C28H37N2O8-. The second-order valence-corrected chi connectivity index (χ2v) is 10.0. The number of rotatable bonds is 11. The van der Waals surface area contributed by atoms with E-state index in [0.29, 0.717) is 0 Å². The number of amides is 1. The first-order valence-electron chi connectivity index (χ1n) is 12.4. The van der Waals surface area contributed by atoms with Gasteiger partial charge >= 0.3 is 11.9 Å². The van der Waals surface area contributed by atoms with Crippen LogP contribution in [0.5, 0.6) is 0 Å². The molecule has 10 nitrogen and oxygen atoms in total. The molecule has 10 heteroatoms. The van der Waals surface area contributed by atoms with Crippen molar-refractivity contribution in [3.63, 3.8) is 0 Å². The van der Waals surface area contributed by atoms with Crippen LogP contribution >= 0.6 is 0 Å². The van der Waals surface area contributed by atoms with Crippen LogP contribution in [0.15, 0.2) is 54.6 Å². The molecular weight excluding hydrogens is 492 g/mol. The summed E-state index contributed by atoms with van der Waals surface area (Å²) in [6.45, 7) is 8.31. The van der Waals surface area contributed by atoms with Gasteiger partial charge in [-0.15, -0.1) is 0 Å². The third-order valence-electron chi connectivity index (χ3n) is 6.05. The lowest BCUT2D eigenvalue weighted by atomic mass is 9.85.